The lowest BCUT2D eigenvalue weighted by molar-refractivity contribution is 0.0601. The monoisotopic (exact) mass is 237 g/mol. The summed E-state index contributed by atoms with van der Waals surface area (Å²) in [7, 11) is 3.26. The van der Waals surface area contributed by atoms with E-state index in [4.69, 9.17) is 4.74 Å². The third kappa shape index (κ3) is 3.75. The van der Waals surface area contributed by atoms with Crippen LogP contribution >= 0.6 is 0 Å². The molecule has 1 aromatic carbocycles. The van der Waals surface area contributed by atoms with Crippen molar-refractivity contribution in [3.8, 4) is 0 Å². The maximum atomic E-state index is 11.6. The molecule has 0 radical (unpaired) electrons. The Bertz CT molecular complexity index is 377. The van der Waals surface area contributed by atoms with Crippen molar-refractivity contribution < 1.29 is 14.6 Å². The van der Waals surface area contributed by atoms with Crippen LogP contribution < -0.4 is 4.90 Å². The number of hydrogen-bond acceptors (Lipinski definition) is 4. The molecule has 1 unspecified atom stereocenters. The minimum atomic E-state index is -0.345. The minimum absolute atomic E-state index is 0.343. The van der Waals surface area contributed by atoms with Crippen molar-refractivity contribution in [3.05, 3.63) is 29.8 Å². The van der Waals surface area contributed by atoms with Crippen LogP contribution in [0.15, 0.2) is 24.3 Å². The summed E-state index contributed by atoms with van der Waals surface area (Å²) in [5, 5.41) is 9.25. The Morgan fingerprint density at radius 3 is 2.71 bits per heavy atom. The predicted octanol–water partition coefficient (Wildman–Crippen LogP) is 1.68. The summed E-state index contributed by atoms with van der Waals surface area (Å²) >= 11 is 0. The molecule has 1 aromatic rings. The van der Waals surface area contributed by atoms with Gasteiger partial charge in [-0.2, -0.15) is 0 Å². The molecule has 0 aliphatic rings. The van der Waals surface area contributed by atoms with Crippen molar-refractivity contribution in [1.29, 1.82) is 0 Å². The molecule has 1 N–H and O–H groups in total. The van der Waals surface area contributed by atoms with Gasteiger partial charge in [0, 0.05) is 13.6 Å². The second-order valence-electron chi connectivity index (χ2n) is 4.07. The van der Waals surface area contributed by atoms with E-state index in [1.165, 1.54) is 7.11 Å². The first kappa shape index (κ1) is 13.5. The van der Waals surface area contributed by atoms with Crippen molar-refractivity contribution >= 4 is 11.7 Å². The highest BCUT2D eigenvalue weighted by atomic mass is 16.5. The Hall–Kier alpha value is -1.55. The van der Waals surface area contributed by atoms with E-state index < -0.39 is 0 Å². The number of aliphatic hydroxyl groups excluding tert-OH is 1. The SMILES string of the molecule is COC(=O)c1ccccc1N(C)CCC(C)O. The Morgan fingerprint density at radius 2 is 2.12 bits per heavy atom. The molecule has 1 rings (SSSR count). The predicted molar refractivity (Wildman–Crippen MR) is 67.3 cm³/mol. The molecule has 0 aromatic heterocycles. The molecule has 0 heterocycles. The molecule has 0 aliphatic heterocycles. The summed E-state index contributed by atoms with van der Waals surface area (Å²) in [4.78, 5) is 13.5. The normalized spacial score (nSPS) is 12.0. The second kappa shape index (κ2) is 6.25. The molecule has 1 atom stereocenters. The maximum Gasteiger partial charge on any atom is 0.339 e. The fraction of sp³-hybridized carbons (Fsp3) is 0.462. The molecule has 0 saturated heterocycles. The maximum absolute atomic E-state index is 11.6. The lowest BCUT2D eigenvalue weighted by Crippen LogP contribution is -2.24. The third-order valence-corrected chi connectivity index (χ3v) is 2.60. The van der Waals surface area contributed by atoms with Crippen molar-refractivity contribution in [3.63, 3.8) is 0 Å². The number of esters is 1. The number of nitrogens with zero attached hydrogens (tertiary/aromatic N) is 1. The first-order valence-electron chi connectivity index (χ1n) is 5.62. The van der Waals surface area contributed by atoms with E-state index in [-0.39, 0.29) is 12.1 Å². The number of hydrogen-bond donors (Lipinski definition) is 1. The van der Waals surface area contributed by atoms with Crippen molar-refractivity contribution in [2.24, 2.45) is 0 Å². The molecule has 0 aliphatic carbocycles. The molecule has 0 saturated carbocycles. The van der Waals surface area contributed by atoms with Crippen LogP contribution in [0.5, 0.6) is 0 Å². The number of benzene rings is 1. The Balaban J connectivity index is 2.85. The molecule has 0 fully saturated rings. The van der Waals surface area contributed by atoms with E-state index in [9.17, 15) is 9.90 Å². The van der Waals surface area contributed by atoms with E-state index in [2.05, 4.69) is 0 Å². The van der Waals surface area contributed by atoms with Crippen LogP contribution in [-0.2, 0) is 4.74 Å². The number of carbonyl (C=O) groups is 1. The Kier molecular flexibility index (Phi) is 4.97. The zero-order valence-corrected chi connectivity index (χ0v) is 10.5. The molecule has 17 heavy (non-hydrogen) atoms. The van der Waals surface area contributed by atoms with Gasteiger partial charge in [0.15, 0.2) is 0 Å². The highest BCUT2D eigenvalue weighted by Gasteiger charge is 2.14. The molecule has 0 spiro atoms. The van der Waals surface area contributed by atoms with E-state index in [0.717, 1.165) is 5.69 Å². The van der Waals surface area contributed by atoms with Gasteiger partial charge in [-0.3, -0.25) is 0 Å². The fourth-order valence-corrected chi connectivity index (χ4v) is 1.59. The lowest BCUT2D eigenvalue weighted by atomic mass is 10.1. The number of anilines is 1. The zero-order chi connectivity index (χ0) is 12.8. The first-order valence-corrected chi connectivity index (χ1v) is 5.62. The topological polar surface area (TPSA) is 49.8 Å². The van der Waals surface area contributed by atoms with Crippen LogP contribution in [0.2, 0.25) is 0 Å². The summed E-state index contributed by atoms with van der Waals surface area (Å²) in [5.74, 6) is -0.343. The van der Waals surface area contributed by atoms with Crippen molar-refractivity contribution in [1.82, 2.24) is 0 Å². The molecule has 4 nitrogen and oxygen atoms in total. The number of methoxy groups -OCH3 is 1. The second-order valence-corrected chi connectivity index (χ2v) is 4.07. The molecule has 4 heteroatoms. The number of rotatable bonds is 5. The van der Waals surface area contributed by atoms with Crippen LogP contribution in [0.25, 0.3) is 0 Å². The first-order chi connectivity index (χ1) is 8.06. The van der Waals surface area contributed by atoms with Crippen LogP contribution in [0.1, 0.15) is 23.7 Å². The van der Waals surface area contributed by atoms with Gasteiger partial charge in [-0.25, -0.2) is 4.79 Å². The molecular weight excluding hydrogens is 218 g/mol. The Labute approximate surface area is 102 Å². The zero-order valence-electron chi connectivity index (χ0n) is 10.5. The van der Waals surface area contributed by atoms with Gasteiger partial charge in [0.1, 0.15) is 0 Å². The lowest BCUT2D eigenvalue weighted by Gasteiger charge is -2.22. The summed E-state index contributed by atoms with van der Waals surface area (Å²) in [6.07, 6.45) is 0.314. The third-order valence-electron chi connectivity index (χ3n) is 2.60. The highest BCUT2D eigenvalue weighted by Crippen LogP contribution is 2.20. The van der Waals surface area contributed by atoms with E-state index in [1.807, 2.05) is 24.1 Å². The summed E-state index contributed by atoms with van der Waals surface area (Å²) in [5.41, 5.74) is 1.36. The van der Waals surface area contributed by atoms with Crippen molar-refractivity contribution in [2.45, 2.75) is 19.4 Å². The van der Waals surface area contributed by atoms with Gasteiger partial charge in [-0.15, -0.1) is 0 Å². The molecule has 94 valence electrons. The van der Waals surface area contributed by atoms with Gasteiger partial charge in [0.2, 0.25) is 0 Å². The average Bonchev–Trinajstić information content (AvgIpc) is 2.34. The Morgan fingerprint density at radius 1 is 1.47 bits per heavy atom. The number of carbonyl (C=O) groups excluding carboxylic acids is 1. The quantitative estimate of drug-likeness (QED) is 0.792. The standard InChI is InChI=1S/C13H19NO3/c1-10(15)8-9-14(2)12-7-5-4-6-11(12)13(16)17-3/h4-7,10,15H,8-9H2,1-3H3. The van der Waals surface area contributed by atoms with Crippen molar-refractivity contribution in [2.75, 3.05) is 25.6 Å². The summed E-state index contributed by atoms with van der Waals surface area (Å²) in [6.45, 7) is 2.44. The van der Waals surface area contributed by atoms with Gasteiger partial charge in [0.05, 0.1) is 24.5 Å². The number of ether oxygens (including phenoxy) is 1. The van der Waals surface area contributed by atoms with Crippen LogP contribution in [0.3, 0.4) is 0 Å². The van der Waals surface area contributed by atoms with Crippen LogP contribution in [-0.4, -0.2) is 37.9 Å². The number of aliphatic hydroxyl groups is 1. The van der Waals surface area contributed by atoms with E-state index >= 15 is 0 Å². The molecule has 0 amide bonds. The van der Waals surface area contributed by atoms with Gasteiger partial charge in [-0.1, -0.05) is 12.1 Å². The molecular formula is C13H19NO3. The van der Waals surface area contributed by atoms with Gasteiger partial charge < -0.3 is 14.7 Å². The fourth-order valence-electron chi connectivity index (χ4n) is 1.59. The summed E-state index contributed by atoms with van der Waals surface area (Å²) < 4.78 is 4.74. The van der Waals surface area contributed by atoms with Crippen LogP contribution in [0.4, 0.5) is 5.69 Å². The minimum Gasteiger partial charge on any atom is -0.465 e. The average molecular weight is 237 g/mol. The largest absolute Gasteiger partial charge is 0.465 e. The van der Waals surface area contributed by atoms with Gasteiger partial charge in [-0.05, 0) is 25.5 Å². The summed E-state index contributed by atoms with van der Waals surface area (Å²) in [6, 6.07) is 7.28. The van der Waals surface area contributed by atoms with Gasteiger partial charge >= 0.3 is 5.97 Å². The smallest absolute Gasteiger partial charge is 0.339 e. The van der Waals surface area contributed by atoms with E-state index in [0.29, 0.717) is 18.5 Å². The van der Waals surface area contributed by atoms with Crippen LogP contribution in [0, 0.1) is 0 Å². The molecule has 0 bridgehead atoms. The number of para-hydroxylation sites is 1. The van der Waals surface area contributed by atoms with E-state index in [1.54, 1.807) is 19.1 Å². The highest BCUT2D eigenvalue weighted by molar-refractivity contribution is 5.95. The van der Waals surface area contributed by atoms with Gasteiger partial charge in [0.25, 0.3) is 0 Å².